The number of nitrogens with one attached hydrogen (secondary N) is 1. The highest BCUT2D eigenvalue weighted by Gasteiger charge is 2.49. The number of halogens is 4. The first-order valence-electron chi connectivity index (χ1n) is 9.31. The van der Waals surface area contributed by atoms with Crippen molar-refractivity contribution in [2.75, 3.05) is 23.8 Å². The summed E-state index contributed by atoms with van der Waals surface area (Å²) < 4.78 is 41.4. The molecule has 9 heteroatoms. The normalized spacial score (nSPS) is 17.9. The van der Waals surface area contributed by atoms with Gasteiger partial charge in [0.2, 0.25) is 11.8 Å². The first-order valence-corrected chi connectivity index (χ1v) is 9.69. The summed E-state index contributed by atoms with van der Waals surface area (Å²) in [5, 5.41) is 3.02. The van der Waals surface area contributed by atoms with Crippen molar-refractivity contribution in [3.63, 3.8) is 0 Å². The minimum atomic E-state index is -4.76. The summed E-state index contributed by atoms with van der Waals surface area (Å²) in [5.41, 5.74) is 1.08. The lowest BCUT2D eigenvalue weighted by Gasteiger charge is -2.34. The average Bonchev–Trinajstić information content (AvgIpc) is 2.83. The number of alkyl halides is 3. The molecule has 2 atom stereocenters. The van der Waals surface area contributed by atoms with Crippen LogP contribution in [0.25, 0.3) is 0 Å². The number of amides is 2. The summed E-state index contributed by atoms with van der Waals surface area (Å²) in [5.74, 6) is -1.53. The Morgan fingerprint density at radius 3 is 2.50 bits per heavy atom. The third-order valence-corrected chi connectivity index (χ3v) is 5.42. The number of carbonyl (C=O) groups excluding carboxylic acids is 2. The molecule has 0 aromatic heterocycles. The van der Waals surface area contributed by atoms with Gasteiger partial charge in [0, 0.05) is 11.1 Å². The standard InChI is InChI=1S/C21H21ClF3N3O2/c1-13(14-7-9-15(22)10-8-14)27(2)12-20(30)28-17-6-4-3-5-16(17)26-19(29)11-18(28)21(23,24)25/h3-10,13,18H,11-12H2,1-2H3,(H,26,29). The maximum absolute atomic E-state index is 13.8. The Labute approximate surface area is 177 Å². The summed E-state index contributed by atoms with van der Waals surface area (Å²) in [7, 11) is 1.66. The summed E-state index contributed by atoms with van der Waals surface area (Å²) in [6.45, 7) is 1.58. The molecule has 0 fully saturated rings. The molecule has 0 spiro atoms. The van der Waals surface area contributed by atoms with Gasteiger partial charge in [-0.05, 0) is 43.8 Å². The van der Waals surface area contributed by atoms with Crippen LogP contribution in [0.5, 0.6) is 0 Å². The number of nitrogens with zero attached hydrogens (tertiary/aromatic N) is 2. The molecule has 1 N–H and O–H groups in total. The third kappa shape index (κ3) is 4.76. The van der Waals surface area contributed by atoms with Crippen molar-refractivity contribution >= 4 is 34.8 Å². The van der Waals surface area contributed by atoms with Crippen molar-refractivity contribution in [2.45, 2.75) is 31.6 Å². The molecule has 0 bridgehead atoms. The minimum absolute atomic E-state index is 0.0308. The zero-order valence-corrected chi connectivity index (χ0v) is 17.2. The average molecular weight is 440 g/mol. The van der Waals surface area contributed by atoms with Crippen molar-refractivity contribution in [2.24, 2.45) is 0 Å². The molecule has 1 aliphatic heterocycles. The molecule has 0 aliphatic carbocycles. The van der Waals surface area contributed by atoms with E-state index in [1.54, 1.807) is 42.3 Å². The lowest BCUT2D eigenvalue weighted by atomic mass is 10.1. The number of anilines is 2. The second kappa shape index (κ2) is 8.65. The van der Waals surface area contributed by atoms with Gasteiger partial charge in [-0.2, -0.15) is 13.2 Å². The number of para-hydroxylation sites is 2. The second-order valence-corrected chi connectivity index (χ2v) is 7.67. The lowest BCUT2D eigenvalue weighted by Crippen LogP contribution is -2.52. The monoisotopic (exact) mass is 439 g/mol. The van der Waals surface area contributed by atoms with Crippen molar-refractivity contribution in [1.29, 1.82) is 0 Å². The van der Waals surface area contributed by atoms with Crippen molar-refractivity contribution < 1.29 is 22.8 Å². The van der Waals surface area contributed by atoms with Gasteiger partial charge in [0.05, 0.1) is 24.3 Å². The highest BCUT2D eigenvalue weighted by atomic mass is 35.5. The molecule has 3 rings (SSSR count). The van der Waals surface area contributed by atoms with E-state index in [1.807, 2.05) is 6.92 Å². The topological polar surface area (TPSA) is 52.7 Å². The van der Waals surface area contributed by atoms with Crippen LogP contribution in [0.15, 0.2) is 48.5 Å². The fourth-order valence-corrected chi connectivity index (χ4v) is 3.54. The Morgan fingerprint density at radius 2 is 1.87 bits per heavy atom. The van der Waals surface area contributed by atoms with Crippen LogP contribution < -0.4 is 10.2 Å². The Hall–Kier alpha value is -2.58. The molecular formula is C21H21ClF3N3O2. The Kier molecular flexibility index (Phi) is 6.38. The van der Waals surface area contributed by atoms with Gasteiger partial charge in [0.25, 0.3) is 0 Å². The van der Waals surface area contributed by atoms with Crippen LogP contribution in [-0.4, -0.2) is 42.5 Å². The zero-order valence-electron chi connectivity index (χ0n) is 16.4. The van der Waals surface area contributed by atoms with Gasteiger partial charge in [-0.25, -0.2) is 0 Å². The van der Waals surface area contributed by atoms with Gasteiger partial charge < -0.3 is 5.32 Å². The summed E-state index contributed by atoms with van der Waals surface area (Å²) in [6.07, 6.45) is -5.62. The maximum atomic E-state index is 13.8. The number of fused-ring (bicyclic) bond motifs is 1. The molecule has 0 saturated carbocycles. The van der Waals surface area contributed by atoms with Gasteiger partial charge in [-0.15, -0.1) is 0 Å². The number of hydrogen-bond donors (Lipinski definition) is 1. The van der Waals surface area contributed by atoms with E-state index < -0.39 is 30.5 Å². The first-order chi connectivity index (χ1) is 14.1. The maximum Gasteiger partial charge on any atom is 0.409 e. The fourth-order valence-electron chi connectivity index (χ4n) is 3.42. The van der Waals surface area contributed by atoms with Crippen LogP contribution in [-0.2, 0) is 9.59 Å². The smallest absolute Gasteiger partial charge is 0.324 e. The van der Waals surface area contributed by atoms with Gasteiger partial charge in [-0.3, -0.25) is 19.4 Å². The molecule has 1 heterocycles. The molecule has 5 nitrogen and oxygen atoms in total. The number of hydrogen-bond acceptors (Lipinski definition) is 3. The van der Waals surface area contributed by atoms with Crippen molar-refractivity contribution in [3.8, 4) is 0 Å². The van der Waals surface area contributed by atoms with Gasteiger partial charge >= 0.3 is 6.18 Å². The Balaban J connectivity index is 1.90. The van der Waals surface area contributed by atoms with Crippen LogP contribution in [0.1, 0.15) is 24.9 Å². The Morgan fingerprint density at radius 1 is 1.23 bits per heavy atom. The SMILES string of the molecule is CC(c1ccc(Cl)cc1)N(C)CC(=O)N1c2ccccc2NC(=O)CC1C(F)(F)F. The molecule has 0 radical (unpaired) electrons. The third-order valence-electron chi connectivity index (χ3n) is 5.17. The second-order valence-electron chi connectivity index (χ2n) is 7.23. The van der Waals surface area contributed by atoms with E-state index in [-0.39, 0.29) is 24.0 Å². The molecule has 1 aliphatic rings. The highest BCUT2D eigenvalue weighted by molar-refractivity contribution is 6.30. The molecule has 30 heavy (non-hydrogen) atoms. The van der Waals surface area contributed by atoms with E-state index in [2.05, 4.69) is 5.32 Å². The van der Waals surface area contributed by atoms with E-state index in [4.69, 9.17) is 11.6 Å². The molecule has 0 saturated heterocycles. The van der Waals surface area contributed by atoms with Crippen molar-refractivity contribution in [3.05, 3.63) is 59.1 Å². The molecule has 160 valence electrons. The van der Waals surface area contributed by atoms with E-state index in [0.717, 1.165) is 5.56 Å². The van der Waals surface area contributed by atoms with E-state index in [0.29, 0.717) is 9.92 Å². The molecule has 2 aromatic carbocycles. The number of rotatable bonds is 4. The molecular weight excluding hydrogens is 419 g/mol. The van der Waals surface area contributed by atoms with E-state index in [9.17, 15) is 22.8 Å². The quantitative estimate of drug-likeness (QED) is 0.755. The van der Waals surface area contributed by atoms with Crippen LogP contribution in [0.2, 0.25) is 5.02 Å². The predicted octanol–water partition coefficient (Wildman–Crippen LogP) is 4.64. The molecule has 2 aromatic rings. The van der Waals surface area contributed by atoms with E-state index in [1.165, 1.54) is 18.2 Å². The van der Waals surface area contributed by atoms with Gasteiger partial charge in [-0.1, -0.05) is 35.9 Å². The van der Waals surface area contributed by atoms with Gasteiger partial charge in [0.15, 0.2) is 0 Å². The van der Waals surface area contributed by atoms with Crippen LogP contribution >= 0.6 is 11.6 Å². The summed E-state index contributed by atoms with van der Waals surface area (Å²) in [6, 6.07) is 10.6. The highest BCUT2D eigenvalue weighted by Crippen LogP contribution is 2.38. The number of carbonyl (C=O) groups is 2. The van der Waals surface area contributed by atoms with Crippen LogP contribution in [0.4, 0.5) is 24.5 Å². The number of likely N-dealkylation sites (N-methyl/N-ethyl adjacent to an activating group) is 1. The minimum Gasteiger partial charge on any atom is -0.324 e. The van der Waals surface area contributed by atoms with E-state index >= 15 is 0 Å². The predicted molar refractivity (Wildman–Crippen MR) is 110 cm³/mol. The van der Waals surface area contributed by atoms with Crippen LogP contribution in [0, 0.1) is 0 Å². The van der Waals surface area contributed by atoms with Gasteiger partial charge in [0.1, 0.15) is 6.04 Å². The van der Waals surface area contributed by atoms with Crippen molar-refractivity contribution in [1.82, 2.24) is 4.90 Å². The lowest BCUT2D eigenvalue weighted by molar-refractivity contribution is -0.158. The molecule has 2 amide bonds. The summed E-state index contributed by atoms with van der Waals surface area (Å²) >= 11 is 5.90. The largest absolute Gasteiger partial charge is 0.409 e. The zero-order chi connectivity index (χ0) is 22.1. The number of benzene rings is 2. The first kappa shape index (κ1) is 22.1. The fraction of sp³-hybridized carbons (Fsp3) is 0.333. The summed E-state index contributed by atoms with van der Waals surface area (Å²) in [4.78, 5) is 27.5. The Bertz CT molecular complexity index is 934. The van der Waals surface area contributed by atoms with Crippen LogP contribution in [0.3, 0.4) is 0 Å². The molecule has 2 unspecified atom stereocenters.